The van der Waals surface area contributed by atoms with Gasteiger partial charge in [-0.1, -0.05) is 81.2 Å². The molecule has 126 valence electrons. The Morgan fingerprint density at radius 3 is 2.30 bits per heavy atom. The number of esters is 1. The average molecular weight is 460 g/mol. The van der Waals surface area contributed by atoms with Gasteiger partial charge in [0.2, 0.25) is 10.0 Å². The van der Waals surface area contributed by atoms with Gasteiger partial charge in [-0.25, -0.2) is 4.79 Å². The summed E-state index contributed by atoms with van der Waals surface area (Å²) >= 11 is 39.4. The van der Waals surface area contributed by atoms with E-state index in [2.05, 4.69) is 5.32 Å². The smallest absolute Gasteiger partial charge is 0.341 e. The largest absolute Gasteiger partial charge is 0.433 e. The molecule has 1 unspecified atom stereocenters. The lowest BCUT2D eigenvalue weighted by Crippen LogP contribution is -2.47. The second-order valence-corrected chi connectivity index (χ2v) is 7.72. The first-order chi connectivity index (χ1) is 10.6. The summed E-state index contributed by atoms with van der Waals surface area (Å²) in [5.74, 6) is -1.86. The van der Waals surface area contributed by atoms with Crippen LogP contribution in [-0.2, 0) is 9.53 Å². The van der Waals surface area contributed by atoms with Crippen LogP contribution in [0.1, 0.15) is 10.4 Å². The Kier molecular flexibility index (Phi) is 8.08. The highest BCUT2D eigenvalue weighted by Gasteiger charge is 2.38. The molecule has 11 heteroatoms. The zero-order valence-corrected chi connectivity index (χ0v) is 16.0. The number of ether oxygens (including phenoxy) is 1. The van der Waals surface area contributed by atoms with Crippen molar-refractivity contribution in [2.24, 2.45) is 0 Å². The number of benzene rings is 1. The second kappa shape index (κ2) is 8.86. The normalized spacial score (nSPS) is 13.4. The minimum Gasteiger partial charge on any atom is -0.433 e. The van der Waals surface area contributed by atoms with Gasteiger partial charge in [0, 0.05) is 10.6 Å². The Labute approximate surface area is 166 Å². The summed E-state index contributed by atoms with van der Waals surface area (Å²) in [5.41, 5.74) is 0.757. The van der Waals surface area contributed by atoms with Crippen LogP contribution in [0.5, 0.6) is 0 Å². The van der Waals surface area contributed by atoms with Crippen molar-refractivity contribution in [2.75, 3.05) is 0 Å². The third kappa shape index (κ3) is 6.39. The molecule has 0 fully saturated rings. The minimum absolute atomic E-state index is 0.0237. The fourth-order valence-electron chi connectivity index (χ4n) is 1.24. The summed E-state index contributed by atoms with van der Waals surface area (Å²) in [5, 5.41) is 2.05. The molecule has 0 aromatic heterocycles. The summed E-state index contributed by atoms with van der Waals surface area (Å²) in [4.78, 5) is 23.8. The van der Waals surface area contributed by atoms with E-state index in [1.165, 1.54) is 18.2 Å². The SMILES string of the molecule is O=C(NC(OC(=O)c1ccc(Cl)cc1Cl)C(Cl)(Cl)Cl)/C(Cl)=C/Cl. The first-order valence-corrected chi connectivity index (χ1v) is 8.26. The van der Waals surface area contributed by atoms with E-state index in [0.717, 1.165) is 5.54 Å². The van der Waals surface area contributed by atoms with Crippen molar-refractivity contribution in [3.63, 3.8) is 0 Å². The molecule has 0 saturated heterocycles. The van der Waals surface area contributed by atoms with Crippen LogP contribution in [0.25, 0.3) is 0 Å². The van der Waals surface area contributed by atoms with Crippen molar-refractivity contribution >= 4 is 93.1 Å². The number of hydrogen-bond donors (Lipinski definition) is 1. The Bertz CT molecular complexity index is 642. The van der Waals surface area contributed by atoms with Gasteiger partial charge >= 0.3 is 5.97 Å². The van der Waals surface area contributed by atoms with Crippen molar-refractivity contribution in [2.45, 2.75) is 10.0 Å². The molecule has 1 rings (SSSR count). The quantitative estimate of drug-likeness (QED) is 0.288. The first-order valence-electron chi connectivity index (χ1n) is 5.55. The molecule has 4 nitrogen and oxygen atoms in total. The summed E-state index contributed by atoms with van der Waals surface area (Å²) in [6.45, 7) is 0. The molecule has 1 aromatic carbocycles. The van der Waals surface area contributed by atoms with Crippen LogP contribution in [0.15, 0.2) is 28.8 Å². The molecule has 1 N–H and O–H groups in total. The maximum absolute atomic E-state index is 12.1. The van der Waals surface area contributed by atoms with Crippen molar-refractivity contribution < 1.29 is 14.3 Å². The van der Waals surface area contributed by atoms with E-state index in [4.69, 9.17) is 85.9 Å². The maximum Gasteiger partial charge on any atom is 0.341 e. The van der Waals surface area contributed by atoms with E-state index in [1.807, 2.05) is 0 Å². The molecular weight excluding hydrogens is 454 g/mol. The number of carbonyl (C=O) groups is 2. The number of amides is 1. The molecule has 0 aliphatic rings. The summed E-state index contributed by atoms with van der Waals surface area (Å²) in [7, 11) is 0. The molecule has 1 aromatic rings. The lowest BCUT2D eigenvalue weighted by molar-refractivity contribution is -0.119. The highest BCUT2D eigenvalue weighted by atomic mass is 35.6. The van der Waals surface area contributed by atoms with E-state index in [9.17, 15) is 9.59 Å². The third-order valence-corrected chi connectivity index (χ3v) is 4.00. The number of halogens is 7. The second-order valence-electron chi connectivity index (χ2n) is 3.88. The number of nitrogens with one attached hydrogen (secondary N) is 1. The first kappa shape index (κ1) is 21.0. The maximum atomic E-state index is 12.1. The Hall–Kier alpha value is -0.0700. The van der Waals surface area contributed by atoms with Gasteiger partial charge in [-0.3, -0.25) is 4.79 Å². The molecular formula is C12H6Cl7NO3. The third-order valence-electron chi connectivity index (χ3n) is 2.25. The predicted octanol–water partition coefficient (Wildman–Crippen LogP) is 5.28. The summed E-state index contributed by atoms with van der Waals surface area (Å²) < 4.78 is 2.79. The topological polar surface area (TPSA) is 55.4 Å². The van der Waals surface area contributed by atoms with Gasteiger partial charge in [0.1, 0.15) is 5.03 Å². The zero-order chi connectivity index (χ0) is 17.8. The number of carbonyl (C=O) groups excluding carboxylic acids is 2. The van der Waals surface area contributed by atoms with Gasteiger partial charge in [-0.2, -0.15) is 0 Å². The highest BCUT2D eigenvalue weighted by Crippen LogP contribution is 2.32. The van der Waals surface area contributed by atoms with Gasteiger partial charge in [-0.05, 0) is 18.2 Å². The van der Waals surface area contributed by atoms with Crippen LogP contribution in [-0.4, -0.2) is 21.9 Å². The molecule has 0 radical (unpaired) electrons. The Morgan fingerprint density at radius 1 is 1.22 bits per heavy atom. The minimum atomic E-state index is -2.17. The zero-order valence-electron chi connectivity index (χ0n) is 10.8. The average Bonchev–Trinajstić information content (AvgIpc) is 2.44. The van der Waals surface area contributed by atoms with Gasteiger partial charge in [0.05, 0.1) is 10.6 Å². The predicted molar refractivity (Wildman–Crippen MR) is 93.9 cm³/mol. The van der Waals surface area contributed by atoms with E-state index in [1.54, 1.807) is 0 Å². The molecule has 0 heterocycles. The van der Waals surface area contributed by atoms with Gasteiger partial charge in [-0.15, -0.1) is 0 Å². The Morgan fingerprint density at radius 2 is 1.83 bits per heavy atom. The van der Waals surface area contributed by atoms with Crippen LogP contribution < -0.4 is 5.32 Å². The van der Waals surface area contributed by atoms with E-state index in [0.29, 0.717) is 5.02 Å². The molecule has 0 aliphatic carbocycles. The van der Waals surface area contributed by atoms with Gasteiger partial charge in [0.25, 0.3) is 5.91 Å². The number of alkyl halides is 3. The molecule has 23 heavy (non-hydrogen) atoms. The number of rotatable bonds is 4. The molecule has 0 saturated carbocycles. The summed E-state index contributed by atoms with van der Waals surface area (Å²) in [6, 6.07) is 4.06. The van der Waals surface area contributed by atoms with Crippen LogP contribution in [0.2, 0.25) is 10.0 Å². The lowest BCUT2D eigenvalue weighted by Gasteiger charge is -2.25. The van der Waals surface area contributed by atoms with Crippen molar-refractivity contribution in [1.29, 1.82) is 0 Å². The van der Waals surface area contributed by atoms with Crippen LogP contribution in [0.3, 0.4) is 0 Å². The van der Waals surface area contributed by atoms with Crippen LogP contribution in [0.4, 0.5) is 0 Å². The fraction of sp³-hybridized carbons (Fsp3) is 0.167. The molecule has 0 aliphatic heterocycles. The fourth-order valence-corrected chi connectivity index (χ4v) is 2.18. The van der Waals surface area contributed by atoms with Crippen LogP contribution in [0, 0.1) is 0 Å². The monoisotopic (exact) mass is 457 g/mol. The molecule has 1 atom stereocenters. The van der Waals surface area contributed by atoms with E-state index in [-0.39, 0.29) is 10.6 Å². The van der Waals surface area contributed by atoms with E-state index < -0.39 is 26.9 Å². The highest BCUT2D eigenvalue weighted by molar-refractivity contribution is 6.68. The van der Waals surface area contributed by atoms with Gasteiger partial charge in [0.15, 0.2) is 0 Å². The standard InChI is InChI=1S/C12H6Cl7NO3/c13-4-8(16)9(21)20-11(12(17,18)19)23-10(22)6-2-1-5(14)3-7(6)15/h1-4,11H,(H,20,21)/b8-4-. The molecule has 0 bridgehead atoms. The van der Waals surface area contributed by atoms with Crippen molar-refractivity contribution in [3.05, 3.63) is 44.4 Å². The van der Waals surface area contributed by atoms with Crippen molar-refractivity contribution in [1.82, 2.24) is 5.32 Å². The molecule has 0 spiro atoms. The van der Waals surface area contributed by atoms with Gasteiger partial charge < -0.3 is 10.1 Å². The van der Waals surface area contributed by atoms with E-state index >= 15 is 0 Å². The lowest BCUT2D eigenvalue weighted by atomic mass is 10.2. The Balaban J connectivity index is 2.98. The van der Waals surface area contributed by atoms with Crippen molar-refractivity contribution in [3.8, 4) is 0 Å². The number of hydrogen-bond acceptors (Lipinski definition) is 3. The molecule has 1 amide bonds. The van der Waals surface area contributed by atoms with Crippen LogP contribution >= 0.6 is 81.2 Å². The summed E-state index contributed by atoms with van der Waals surface area (Å²) in [6.07, 6.45) is -1.65.